The van der Waals surface area contributed by atoms with Crippen molar-refractivity contribution in [2.45, 2.75) is 52.4 Å². The van der Waals surface area contributed by atoms with Crippen molar-refractivity contribution in [1.82, 2.24) is 5.32 Å². The summed E-state index contributed by atoms with van der Waals surface area (Å²) in [5.74, 6) is 2.28. The zero-order chi connectivity index (χ0) is 14.8. The van der Waals surface area contributed by atoms with Gasteiger partial charge in [0.25, 0.3) is 0 Å². The van der Waals surface area contributed by atoms with Gasteiger partial charge in [-0.15, -0.1) is 0 Å². The highest BCUT2D eigenvalue weighted by Crippen LogP contribution is 2.64. The van der Waals surface area contributed by atoms with Crippen molar-refractivity contribution in [2.75, 3.05) is 6.54 Å². The predicted octanol–water partition coefficient (Wildman–Crippen LogP) is 4.04. The number of rotatable bonds is 0. The van der Waals surface area contributed by atoms with E-state index in [1.807, 2.05) is 0 Å². The lowest BCUT2D eigenvalue weighted by atomic mass is 9.50. The van der Waals surface area contributed by atoms with Gasteiger partial charge in [-0.05, 0) is 62.2 Å². The Kier molecular flexibility index (Phi) is 2.71. The van der Waals surface area contributed by atoms with Crippen molar-refractivity contribution in [3.8, 4) is 0 Å². The molecule has 0 unspecified atom stereocenters. The molecule has 0 saturated heterocycles. The van der Waals surface area contributed by atoms with Gasteiger partial charge in [-0.3, -0.25) is 0 Å². The summed E-state index contributed by atoms with van der Waals surface area (Å²) in [6, 6.07) is 0. The largest absolute Gasteiger partial charge is 0.508 e. The molecule has 21 heavy (non-hydrogen) atoms. The van der Waals surface area contributed by atoms with E-state index in [9.17, 15) is 10.2 Å². The van der Waals surface area contributed by atoms with Crippen LogP contribution in [-0.2, 0) is 0 Å². The third-order valence-electron chi connectivity index (χ3n) is 7.33. The van der Waals surface area contributed by atoms with Gasteiger partial charge in [-0.2, -0.15) is 0 Å². The molecule has 3 nitrogen and oxygen atoms in total. The first-order valence-corrected chi connectivity index (χ1v) is 8.53. The Morgan fingerprint density at radius 3 is 2.76 bits per heavy atom. The van der Waals surface area contributed by atoms with Gasteiger partial charge in [0.15, 0.2) is 0 Å². The fourth-order valence-corrected chi connectivity index (χ4v) is 6.11. The van der Waals surface area contributed by atoms with Crippen molar-refractivity contribution >= 4 is 0 Å². The summed E-state index contributed by atoms with van der Waals surface area (Å²) >= 11 is 0. The molecule has 0 aromatic rings. The van der Waals surface area contributed by atoms with Gasteiger partial charge in [0.2, 0.25) is 0 Å². The second kappa shape index (κ2) is 4.21. The summed E-state index contributed by atoms with van der Waals surface area (Å²) in [4.78, 5) is 0. The molecule has 1 aliphatic heterocycles. The molecule has 0 amide bonds. The SMILES string of the molecule is C[C@@]12CCC[C@H]1[C@@H]1CC=C3NCC(O)=C(O)[C@]3(C)[C@H]1CC2. The highest BCUT2D eigenvalue weighted by atomic mass is 16.3. The average Bonchev–Trinajstić information content (AvgIpc) is 2.86. The quantitative estimate of drug-likeness (QED) is 0.630. The van der Waals surface area contributed by atoms with E-state index in [1.165, 1.54) is 32.1 Å². The Morgan fingerprint density at radius 2 is 1.95 bits per heavy atom. The lowest BCUT2D eigenvalue weighted by molar-refractivity contribution is -0.0238. The summed E-state index contributed by atoms with van der Waals surface area (Å²) in [6.45, 7) is 4.98. The van der Waals surface area contributed by atoms with Gasteiger partial charge < -0.3 is 15.5 Å². The number of aliphatic hydroxyl groups excluding tert-OH is 2. The number of aliphatic hydroxyl groups is 2. The van der Waals surface area contributed by atoms with Crippen LogP contribution in [0.2, 0.25) is 0 Å². The minimum Gasteiger partial charge on any atom is -0.508 e. The number of hydrogen-bond acceptors (Lipinski definition) is 3. The molecule has 0 aromatic carbocycles. The molecule has 3 aliphatic carbocycles. The summed E-state index contributed by atoms with van der Waals surface area (Å²) < 4.78 is 0. The second-order valence-corrected chi connectivity index (χ2v) is 8.17. The summed E-state index contributed by atoms with van der Waals surface area (Å²) in [6.07, 6.45) is 9.97. The maximum Gasteiger partial charge on any atom is 0.150 e. The monoisotopic (exact) mass is 289 g/mol. The van der Waals surface area contributed by atoms with Crippen molar-refractivity contribution in [1.29, 1.82) is 0 Å². The number of allylic oxidation sites excluding steroid dienone is 1. The minimum absolute atomic E-state index is 0.134. The van der Waals surface area contributed by atoms with Crippen LogP contribution in [0.15, 0.2) is 23.3 Å². The van der Waals surface area contributed by atoms with E-state index < -0.39 is 5.41 Å². The number of hydrogen-bond donors (Lipinski definition) is 3. The molecule has 3 heteroatoms. The van der Waals surface area contributed by atoms with Crippen LogP contribution in [0.3, 0.4) is 0 Å². The predicted molar refractivity (Wildman–Crippen MR) is 82.8 cm³/mol. The minimum atomic E-state index is -0.394. The molecule has 0 bridgehead atoms. The van der Waals surface area contributed by atoms with E-state index >= 15 is 0 Å². The van der Waals surface area contributed by atoms with Crippen molar-refractivity contribution in [3.63, 3.8) is 0 Å². The van der Waals surface area contributed by atoms with E-state index in [-0.39, 0.29) is 11.5 Å². The molecule has 2 fully saturated rings. The van der Waals surface area contributed by atoms with Gasteiger partial charge in [0.05, 0.1) is 12.0 Å². The Labute approximate surface area is 127 Å². The summed E-state index contributed by atoms with van der Waals surface area (Å²) in [5.41, 5.74) is 1.27. The molecule has 0 spiro atoms. The smallest absolute Gasteiger partial charge is 0.150 e. The van der Waals surface area contributed by atoms with Crippen LogP contribution < -0.4 is 5.32 Å². The molecule has 0 radical (unpaired) electrons. The first kappa shape index (κ1) is 13.5. The first-order chi connectivity index (χ1) is 9.97. The Balaban J connectivity index is 1.77. The Morgan fingerprint density at radius 1 is 1.14 bits per heavy atom. The van der Waals surface area contributed by atoms with Gasteiger partial charge in [0.1, 0.15) is 11.5 Å². The molecule has 0 aromatic heterocycles. The lowest BCUT2D eigenvalue weighted by Crippen LogP contribution is -2.52. The fourth-order valence-electron chi connectivity index (χ4n) is 6.11. The first-order valence-electron chi connectivity index (χ1n) is 8.53. The molecule has 5 atom stereocenters. The molecule has 2 saturated carbocycles. The van der Waals surface area contributed by atoms with Crippen LogP contribution in [0.25, 0.3) is 0 Å². The maximum atomic E-state index is 10.6. The van der Waals surface area contributed by atoms with E-state index in [0.29, 0.717) is 23.8 Å². The van der Waals surface area contributed by atoms with Crippen LogP contribution >= 0.6 is 0 Å². The molecule has 116 valence electrons. The van der Waals surface area contributed by atoms with Crippen LogP contribution in [0, 0.1) is 28.6 Å². The molecule has 4 rings (SSSR count). The topological polar surface area (TPSA) is 52.5 Å². The van der Waals surface area contributed by atoms with Crippen molar-refractivity contribution in [3.05, 3.63) is 23.3 Å². The third kappa shape index (κ3) is 1.61. The molecular formula is C18H27NO2. The van der Waals surface area contributed by atoms with Gasteiger partial charge >= 0.3 is 0 Å². The van der Waals surface area contributed by atoms with Crippen LogP contribution in [0.5, 0.6) is 0 Å². The van der Waals surface area contributed by atoms with Gasteiger partial charge in [-0.1, -0.05) is 19.4 Å². The maximum absolute atomic E-state index is 10.6. The third-order valence-corrected chi connectivity index (χ3v) is 7.33. The van der Waals surface area contributed by atoms with Crippen molar-refractivity contribution in [2.24, 2.45) is 28.6 Å². The zero-order valence-corrected chi connectivity index (χ0v) is 13.2. The summed E-state index contributed by atoms with van der Waals surface area (Å²) in [5, 5.41) is 24.0. The number of nitrogens with one attached hydrogen (secondary N) is 1. The van der Waals surface area contributed by atoms with Crippen molar-refractivity contribution < 1.29 is 10.2 Å². The standard InChI is InChI=1S/C18H27NO2/c1-17-8-3-4-12(17)11-5-6-15-18(2,13(11)7-9-17)16(21)14(20)10-19-15/h6,11-13,19-21H,3-5,7-10H2,1-2H3/t11-,12-,13-,17-,18+/m0/s1. The van der Waals surface area contributed by atoms with Gasteiger partial charge in [0, 0.05) is 5.70 Å². The van der Waals surface area contributed by atoms with Gasteiger partial charge in [-0.25, -0.2) is 0 Å². The van der Waals surface area contributed by atoms with E-state index in [2.05, 4.69) is 25.2 Å². The van der Waals surface area contributed by atoms with Crippen LogP contribution in [0.1, 0.15) is 52.4 Å². The number of fused-ring (bicyclic) bond motifs is 5. The zero-order valence-electron chi connectivity index (χ0n) is 13.2. The second-order valence-electron chi connectivity index (χ2n) is 8.17. The van der Waals surface area contributed by atoms with E-state index in [4.69, 9.17) is 0 Å². The molecule has 1 heterocycles. The van der Waals surface area contributed by atoms with Crippen LogP contribution in [0.4, 0.5) is 0 Å². The highest BCUT2D eigenvalue weighted by Gasteiger charge is 2.57. The molecule has 3 N–H and O–H groups in total. The Hall–Kier alpha value is -1.12. The van der Waals surface area contributed by atoms with E-state index in [1.54, 1.807) is 0 Å². The molecule has 4 aliphatic rings. The average molecular weight is 289 g/mol. The summed E-state index contributed by atoms with van der Waals surface area (Å²) in [7, 11) is 0. The molecular weight excluding hydrogens is 262 g/mol. The fraction of sp³-hybridized carbons (Fsp3) is 0.778. The highest BCUT2D eigenvalue weighted by molar-refractivity contribution is 5.34. The normalized spacial score (nSPS) is 48.9. The lowest BCUT2D eigenvalue weighted by Gasteiger charge is -2.55. The Bertz CT molecular complexity index is 537. The van der Waals surface area contributed by atoms with E-state index in [0.717, 1.165) is 18.0 Å². The van der Waals surface area contributed by atoms with Crippen LogP contribution in [-0.4, -0.2) is 16.8 Å².